The summed E-state index contributed by atoms with van der Waals surface area (Å²) in [7, 11) is 3.15. The van der Waals surface area contributed by atoms with Crippen molar-refractivity contribution in [2.75, 3.05) is 14.2 Å². The minimum Gasteiger partial charge on any atom is -0.497 e. The number of esters is 1. The molecule has 1 heterocycles. The smallest absolute Gasteiger partial charge is 0.363 e. The molecule has 5 nitrogen and oxygen atoms in total. The van der Waals surface area contributed by atoms with Crippen molar-refractivity contribution in [1.29, 1.82) is 0 Å². The highest BCUT2D eigenvalue weighted by atomic mass is 16.6. The largest absolute Gasteiger partial charge is 0.497 e. The van der Waals surface area contributed by atoms with Gasteiger partial charge in [-0.15, -0.1) is 0 Å². The highest BCUT2D eigenvalue weighted by Crippen LogP contribution is 2.28. The van der Waals surface area contributed by atoms with E-state index in [1.54, 1.807) is 38.5 Å². The van der Waals surface area contributed by atoms with Crippen LogP contribution in [0.2, 0.25) is 0 Å². The van der Waals surface area contributed by atoms with E-state index >= 15 is 0 Å². The fourth-order valence-electron chi connectivity index (χ4n) is 3.05. The minimum atomic E-state index is -0.495. The van der Waals surface area contributed by atoms with E-state index in [4.69, 9.17) is 14.2 Å². The predicted octanol–water partition coefficient (Wildman–Crippen LogP) is 4.72. The molecule has 4 rings (SSSR count). The summed E-state index contributed by atoms with van der Waals surface area (Å²) in [5, 5.41) is 0. The second-order valence-corrected chi connectivity index (χ2v) is 6.39. The Balaban J connectivity index is 1.62. The number of aliphatic imine (C=N–C) groups is 1. The van der Waals surface area contributed by atoms with Gasteiger partial charge in [-0.3, -0.25) is 0 Å². The molecular weight excluding hydrogens is 366 g/mol. The highest BCUT2D eigenvalue weighted by molar-refractivity contribution is 6.13. The summed E-state index contributed by atoms with van der Waals surface area (Å²) in [6.45, 7) is 0. The second kappa shape index (κ2) is 8.02. The zero-order valence-corrected chi connectivity index (χ0v) is 16.1. The maximum absolute atomic E-state index is 12.3. The van der Waals surface area contributed by atoms with Gasteiger partial charge in [-0.1, -0.05) is 42.5 Å². The van der Waals surface area contributed by atoms with E-state index < -0.39 is 5.97 Å². The van der Waals surface area contributed by atoms with Gasteiger partial charge in [0.05, 0.1) is 14.2 Å². The van der Waals surface area contributed by atoms with Crippen molar-refractivity contribution >= 4 is 17.9 Å². The van der Waals surface area contributed by atoms with E-state index in [1.807, 2.05) is 54.6 Å². The molecule has 0 amide bonds. The zero-order chi connectivity index (χ0) is 20.2. The SMILES string of the molecule is COc1ccc(/C=C2/N=C(c3ccc(-c4ccccc4)cc3)OC2=O)c(OC)c1. The van der Waals surface area contributed by atoms with Gasteiger partial charge in [0.1, 0.15) is 11.5 Å². The van der Waals surface area contributed by atoms with E-state index in [0.29, 0.717) is 17.1 Å². The highest BCUT2D eigenvalue weighted by Gasteiger charge is 2.24. The summed E-state index contributed by atoms with van der Waals surface area (Å²) in [5.41, 5.74) is 3.87. The number of nitrogens with zero attached hydrogens (tertiary/aromatic N) is 1. The Morgan fingerprint density at radius 3 is 2.21 bits per heavy atom. The van der Waals surface area contributed by atoms with Gasteiger partial charge >= 0.3 is 5.97 Å². The van der Waals surface area contributed by atoms with Crippen molar-refractivity contribution in [3.8, 4) is 22.6 Å². The Hall–Kier alpha value is -3.86. The van der Waals surface area contributed by atoms with E-state index in [0.717, 1.165) is 16.7 Å². The first kappa shape index (κ1) is 18.5. The molecule has 0 atom stereocenters. The lowest BCUT2D eigenvalue weighted by molar-refractivity contribution is -0.129. The predicted molar refractivity (Wildman–Crippen MR) is 112 cm³/mol. The molecule has 0 saturated carbocycles. The van der Waals surface area contributed by atoms with Gasteiger partial charge in [0, 0.05) is 17.2 Å². The van der Waals surface area contributed by atoms with Crippen molar-refractivity contribution in [2.45, 2.75) is 0 Å². The van der Waals surface area contributed by atoms with E-state index in [1.165, 1.54) is 0 Å². The van der Waals surface area contributed by atoms with Crippen LogP contribution in [0.3, 0.4) is 0 Å². The van der Waals surface area contributed by atoms with Crippen LogP contribution in [0.25, 0.3) is 17.2 Å². The van der Waals surface area contributed by atoms with Crippen LogP contribution in [0.5, 0.6) is 11.5 Å². The first-order chi connectivity index (χ1) is 14.2. The Kier molecular flexibility index (Phi) is 5.12. The van der Waals surface area contributed by atoms with Gasteiger partial charge in [0.2, 0.25) is 5.90 Å². The van der Waals surface area contributed by atoms with Gasteiger partial charge in [-0.05, 0) is 41.5 Å². The van der Waals surface area contributed by atoms with Crippen molar-refractivity contribution in [3.63, 3.8) is 0 Å². The van der Waals surface area contributed by atoms with Crippen LogP contribution in [-0.2, 0) is 9.53 Å². The number of ether oxygens (including phenoxy) is 3. The van der Waals surface area contributed by atoms with Gasteiger partial charge in [-0.2, -0.15) is 0 Å². The lowest BCUT2D eigenvalue weighted by Gasteiger charge is -2.07. The fraction of sp³-hybridized carbons (Fsp3) is 0.0833. The van der Waals surface area contributed by atoms with Crippen LogP contribution >= 0.6 is 0 Å². The Bertz CT molecular complexity index is 1100. The van der Waals surface area contributed by atoms with Gasteiger partial charge in [0.25, 0.3) is 0 Å². The summed E-state index contributed by atoms with van der Waals surface area (Å²) < 4.78 is 15.9. The third-order valence-corrected chi connectivity index (χ3v) is 4.59. The molecule has 0 N–H and O–H groups in total. The van der Waals surface area contributed by atoms with Crippen molar-refractivity contribution in [2.24, 2.45) is 4.99 Å². The summed E-state index contributed by atoms with van der Waals surface area (Å²) >= 11 is 0. The van der Waals surface area contributed by atoms with Crippen molar-refractivity contribution < 1.29 is 19.0 Å². The van der Waals surface area contributed by atoms with E-state index in [2.05, 4.69) is 4.99 Å². The van der Waals surface area contributed by atoms with Crippen LogP contribution < -0.4 is 9.47 Å². The average molecular weight is 385 g/mol. The second-order valence-electron chi connectivity index (χ2n) is 6.39. The van der Waals surface area contributed by atoms with E-state index in [9.17, 15) is 4.79 Å². The van der Waals surface area contributed by atoms with E-state index in [-0.39, 0.29) is 11.6 Å². The molecule has 1 aliphatic rings. The molecule has 0 saturated heterocycles. The zero-order valence-electron chi connectivity index (χ0n) is 16.1. The molecule has 0 aliphatic carbocycles. The number of carbonyl (C=O) groups excluding carboxylic acids is 1. The molecule has 5 heteroatoms. The molecule has 0 unspecified atom stereocenters. The van der Waals surface area contributed by atoms with Gasteiger partial charge in [0.15, 0.2) is 5.70 Å². The lowest BCUT2D eigenvalue weighted by atomic mass is 10.0. The summed E-state index contributed by atoms with van der Waals surface area (Å²) in [6.07, 6.45) is 1.64. The maximum Gasteiger partial charge on any atom is 0.363 e. The molecule has 144 valence electrons. The van der Waals surface area contributed by atoms with Crippen LogP contribution in [0.4, 0.5) is 0 Å². The van der Waals surface area contributed by atoms with Crippen LogP contribution in [0, 0.1) is 0 Å². The molecule has 3 aromatic rings. The molecule has 0 spiro atoms. The Labute approximate surface area is 168 Å². The normalized spacial score (nSPS) is 14.5. The number of benzene rings is 3. The average Bonchev–Trinajstić information content (AvgIpc) is 3.15. The third kappa shape index (κ3) is 3.89. The van der Waals surface area contributed by atoms with Crippen LogP contribution in [0.15, 0.2) is 83.5 Å². The number of rotatable bonds is 5. The van der Waals surface area contributed by atoms with Crippen molar-refractivity contribution in [3.05, 3.63) is 89.6 Å². The number of methoxy groups -OCH3 is 2. The van der Waals surface area contributed by atoms with Crippen LogP contribution in [-0.4, -0.2) is 26.1 Å². The monoisotopic (exact) mass is 385 g/mol. The molecular formula is C24H19NO4. The van der Waals surface area contributed by atoms with Gasteiger partial charge in [-0.25, -0.2) is 9.79 Å². The first-order valence-electron chi connectivity index (χ1n) is 9.08. The Morgan fingerprint density at radius 2 is 1.52 bits per heavy atom. The quantitative estimate of drug-likeness (QED) is 0.471. The molecule has 0 aromatic heterocycles. The lowest BCUT2D eigenvalue weighted by Crippen LogP contribution is -2.05. The number of carbonyl (C=O) groups is 1. The van der Waals surface area contributed by atoms with Gasteiger partial charge < -0.3 is 14.2 Å². The maximum atomic E-state index is 12.3. The molecule has 29 heavy (non-hydrogen) atoms. The summed E-state index contributed by atoms with van der Waals surface area (Å²) in [6, 6.07) is 23.2. The fourth-order valence-corrected chi connectivity index (χ4v) is 3.05. The summed E-state index contributed by atoms with van der Waals surface area (Å²) in [4.78, 5) is 16.7. The number of cyclic esters (lactones) is 1. The topological polar surface area (TPSA) is 57.1 Å². The standard InChI is InChI=1S/C24H19NO4/c1-27-20-13-12-19(22(15-20)28-2)14-21-24(26)29-23(25-21)18-10-8-17(9-11-18)16-6-4-3-5-7-16/h3-15H,1-2H3/b21-14+. The Morgan fingerprint density at radius 1 is 0.828 bits per heavy atom. The minimum absolute atomic E-state index is 0.218. The molecule has 0 fully saturated rings. The summed E-state index contributed by atoms with van der Waals surface area (Å²) in [5.74, 6) is 1.04. The number of hydrogen-bond acceptors (Lipinski definition) is 5. The molecule has 0 bridgehead atoms. The number of hydrogen-bond donors (Lipinski definition) is 0. The van der Waals surface area contributed by atoms with Crippen LogP contribution in [0.1, 0.15) is 11.1 Å². The molecule has 3 aromatic carbocycles. The third-order valence-electron chi connectivity index (χ3n) is 4.59. The molecule has 1 aliphatic heterocycles. The first-order valence-corrected chi connectivity index (χ1v) is 9.08. The van der Waals surface area contributed by atoms with Crippen molar-refractivity contribution in [1.82, 2.24) is 0 Å². The molecule has 0 radical (unpaired) electrons.